The largest absolute Gasteiger partial charge is 0.371 e. The van der Waals surface area contributed by atoms with Crippen molar-refractivity contribution in [3.8, 4) is 0 Å². The minimum Gasteiger partial charge on any atom is -0.371 e. The lowest BCUT2D eigenvalue weighted by Crippen LogP contribution is -2.23. The van der Waals surface area contributed by atoms with Gasteiger partial charge in [0, 0.05) is 0 Å². The molecule has 3 rings (SSSR count). The Hall–Kier alpha value is -1.72. The van der Waals surface area contributed by atoms with E-state index in [1.54, 1.807) is 6.33 Å². The van der Waals surface area contributed by atoms with Gasteiger partial charge in [-0.1, -0.05) is 31.2 Å². The van der Waals surface area contributed by atoms with Gasteiger partial charge in [0.2, 0.25) is 0 Å². The van der Waals surface area contributed by atoms with E-state index in [1.165, 1.54) is 11.1 Å². The Labute approximate surface area is 119 Å². The maximum Gasteiger partial charge on any atom is 0.140 e. The number of fused-ring (bicyclic) bond motifs is 1. The zero-order chi connectivity index (χ0) is 13.8. The predicted molar refractivity (Wildman–Crippen MR) is 76.2 cm³/mol. The molecule has 1 aromatic heterocycles. The lowest BCUT2D eigenvalue weighted by molar-refractivity contribution is 0.0275. The van der Waals surface area contributed by atoms with Crippen molar-refractivity contribution < 1.29 is 4.74 Å². The fourth-order valence-electron chi connectivity index (χ4n) is 2.60. The molecule has 0 fully saturated rings. The third kappa shape index (κ3) is 2.73. The van der Waals surface area contributed by atoms with Crippen molar-refractivity contribution in [1.29, 1.82) is 0 Å². The molecule has 1 aromatic carbocycles. The van der Waals surface area contributed by atoms with Gasteiger partial charge in [-0.25, -0.2) is 9.67 Å². The van der Waals surface area contributed by atoms with Gasteiger partial charge in [-0.05, 0) is 24.1 Å². The van der Waals surface area contributed by atoms with Crippen molar-refractivity contribution in [1.82, 2.24) is 20.1 Å². The number of rotatable bonds is 5. The van der Waals surface area contributed by atoms with Crippen molar-refractivity contribution in [2.24, 2.45) is 0 Å². The molecule has 1 atom stereocenters. The summed E-state index contributed by atoms with van der Waals surface area (Å²) in [6, 6.07) is 8.50. The molecule has 0 saturated heterocycles. The van der Waals surface area contributed by atoms with E-state index < -0.39 is 0 Å². The molecule has 0 radical (unpaired) electrons. The highest BCUT2D eigenvalue weighted by molar-refractivity contribution is 5.30. The summed E-state index contributed by atoms with van der Waals surface area (Å²) < 4.78 is 7.87. The highest BCUT2D eigenvalue weighted by Crippen LogP contribution is 2.28. The Bertz CT molecular complexity index is 567. The second kappa shape index (κ2) is 6.15. The lowest BCUT2D eigenvalue weighted by atomic mass is 9.97. The van der Waals surface area contributed by atoms with Crippen LogP contribution in [-0.4, -0.2) is 27.9 Å². The average molecular weight is 272 g/mol. The van der Waals surface area contributed by atoms with Gasteiger partial charge in [0.05, 0.1) is 19.7 Å². The van der Waals surface area contributed by atoms with Gasteiger partial charge < -0.3 is 10.1 Å². The van der Waals surface area contributed by atoms with Crippen molar-refractivity contribution in [2.75, 3.05) is 13.2 Å². The molecular formula is C15H20N4O. The fraction of sp³-hybridized carbons (Fsp3) is 0.467. The Morgan fingerprint density at radius 2 is 2.30 bits per heavy atom. The molecule has 1 unspecified atom stereocenters. The van der Waals surface area contributed by atoms with Gasteiger partial charge in [0.1, 0.15) is 18.3 Å². The number of hydrogen-bond donors (Lipinski definition) is 1. The van der Waals surface area contributed by atoms with Crippen LogP contribution < -0.4 is 5.32 Å². The minimum absolute atomic E-state index is 0.0713. The van der Waals surface area contributed by atoms with Crippen molar-refractivity contribution in [3.05, 3.63) is 47.5 Å². The number of benzene rings is 1. The van der Waals surface area contributed by atoms with Crippen LogP contribution in [0.3, 0.4) is 0 Å². The summed E-state index contributed by atoms with van der Waals surface area (Å²) in [4.78, 5) is 4.31. The minimum atomic E-state index is 0.0713. The molecule has 5 heteroatoms. The summed E-state index contributed by atoms with van der Waals surface area (Å²) in [5.74, 6) is 0.957. The van der Waals surface area contributed by atoms with Gasteiger partial charge in [0.25, 0.3) is 0 Å². The molecule has 0 bridgehead atoms. The molecule has 20 heavy (non-hydrogen) atoms. The van der Waals surface area contributed by atoms with Crippen molar-refractivity contribution in [2.45, 2.75) is 32.5 Å². The normalized spacial score (nSPS) is 17.9. The van der Waals surface area contributed by atoms with Gasteiger partial charge in [0.15, 0.2) is 0 Å². The quantitative estimate of drug-likeness (QED) is 0.900. The monoisotopic (exact) mass is 272 g/mol. The van der Waals surface area contributed by atoms with Crippen LogP contribution in [0.15, 0.2) is 30.6 Å². The molecule has 0 aliphatic carbocycles. The Morgan fingerprint density at radius 3 is 3.20 bits per heavy atom. The summed E-state index contributed by atoms with van der Waals surface area (Å²) in [7, 11) is 0. The molecule has 1 N–H and O–H groups in total. The van der Waals surface area contributed by atoms with Crippen LogP contribution in [-0.2, 0) is 24.2 Å². The molecule has 0 amide bonds. The van der Waals surface area contributed by atoms with E-state index in [0.29, 0.717) is 0 Å². The summed E-state index contributed by atoms with van der Waals surface area (Å²) in [5, 5.41) is 7.60. The highest BCUT2D eigenvalue weighted by Gasteiger charge is 2.22. The first kappa shape index (κ1) is 13.3. The highest BCUT2D eigenvalue weighted by atomic mass is 16.5. The van der Waals surface area contributed by atoms with Crippen LogP contribution in [0.2, 0.25) is 0 Å². The number of ether oxygens (including phenoxy) is 1. The lowest BCUT2D eigenvalue weighted by Gasteiger charge is -2.26. The third-order valence-corrected chi connectivity index (χ3v) is 3.66. The predicted octanol–water partition coefficient (Wildman–Crippen LogP) is 1.70. The first-order valence-electron chi connectivity index (χ1n) is 7.15. The van der Waals surface area contributed by atoms with E-state index in [-0.39, 0.29) is 6.10 Å². The van der Waals surface area contributed by atoms with Crippen LogP contribution >= 0.6 is 0 Å². The zero-order valence-corrected chi connectivity index (χ0v) is 11.7. The summed E-state index contributed by atoms with van der Waals surface area (Å²) in [5.41, 5.74) is 2.67. The number of hydrogen-bond acceptors (Lipinski definition) is 4. The van der Waals surface area contributed by atoms with Crippen LogP contribution in [0.1, 0.15) is 30.0 Å². The Morgan fingerprint density at radius 1 is 1.40 bits per heavy atom. The van der Waals surface area contributed by atoms with Gasteiger partial charge >= 0.3 is 0 Å². The third-order valence-electron chi connectivity index (χ3n) is 3.66. The van der Waals surface area contributed by atoms with Crippen LogP contribution in [0, 0.1) is 0 Å². The molecule has 2 heterocycles. The SMILES string of the molecule is CCNCc1ncnn1CC1OCCc2ccccc21. The van der Waals surface area contributed by atoms with E-state index in [0.717, 1.165) is 38.5 Å². The summed E-state index contributed by atoms with van der Waals surface area (Å²) in [6.45, 7) is 5.25. The Balaban J connectivity index is 1.77. The molecule has 2 aromatic rings. The van der Waals surface area contributed by atoms with Crippen LogP contribution in [0.5, 0.6) is 0 Å². The second-order valence-electron chi connectivity index (χ2n) is 4.95. The molecule has 0 saturated carbocycles. The molecular weight excluding hydrogens is 252 g/mol. The van der Waals surface area contributed by atoms with E-state index in [9.17, 15) is 0 Å². The van der Waals surface area contributed by atoms with Crippen LogP contribution in [0.25, 0.3) is 0 Å². The maximum atomic E-state index is 5.93. The zero-order valence-electron chi connectivity index (χ0n) is 11.7. The second-order valence-corrected chi connectivity index (χ2v) is 4.95. The summed E-state index contributed by atoms with van der Waals surface area (Å²) >= 11 is 0. The standard InChI is InChI=1S/C15H20N4O/c1-2-16-9-15-17-11-18-19(15)10-14-13-6-4-3-5-12(13)7-8-20-14/h3-6,11,14,16H,2,7-10H2,1H3. The molecule has 0 spiro atoms. The first-order valence-corrected chi connectivity index (χ1v) is 7.15. The topological polar surface area (TPSA) is 52.0 Å². The van der Waals surface area contributed by atoms with E-state index in [2.05, 4.69) is 46.6 Å². The van der Waals surface area contributed by atoms with Crippen LogP contribution in [0.4, 0.5) is 0 Å². The van der Waals surface area contributed by atoms with E-state index >= 15 is 0 Å². The number of nitrogens with one attached hydrogen (secondary N) is 1. The maximum absolute atomic E-state index is 5.93. The van der Waals surface area contributed by atoms with Crippen molar-refractivity contribution >= 4 is 0 Å². The fourth-order valence-corrected chi connectivity index (χ4v) is 2.60. The van der Waals surface area contributed by atoms with Gasteiger partial charge in [-0.2, -0.15) is 5.10 Å². The van der Waals surface area contributed by atoms with E-state index in [4.69, 9.17) is 4.74 Å². The van der Waals surface area contributed by atoms with E-state index in [1.807, 2.05) is 4.68 Å². The molecule has 106 valence electrons. The Kier molecular flexibility index (Phi) is 4.08. The number of nitrogens with zero attached hydrogens (tertiary/aromatic N) is 3. The number of aromatic nitrogens is 3. The summed E-state index contributed by atoms with van der Waals surface area (Å²) in [6.07, 6.45) is 2.68. The van der Waals surface area contributed by atoms with Crippen molar-refractivity contribution in [3.63, 3.8) is 0 Å². The first-order chi connectivity index (χ1) is 9.88. The smallest absolute Gasteiger partial charge is 0.140 e. The molecule has 1 aliphatic rings. The average Bonchev–Trinajstić information content (AvgIpc) is 2.93. The van der Waals surface area contributed by atoms with Gasteiger partial charge in [-0.3, -0.25) is 0 Å². The van der Waals surface area contributed by atoms with Gasteiger partial charge in [-0.15, -0.1) is 0 Å². The molecule has 1 aliphatic heterocycles. The molecule has 5 nitrogen and oxygen atoms in total.